The minimum absolute atomic E-state index is 0. The van der Waals surface area contributed by atoms with Crippen LogP contribution in [0.2, 0.25) is 0 Å². The van der Waals surface area contributed by atoms with Crippen molar-refractivity contribution in [1.82, 2.24) is 0 Å². The van der Waals surface area contributed by atoms with E-state index in [0.717, 1.165) is 18.2 Å². The van der Waals surface area contributed by atoms with Gasteiger partial charge in [0.25, 0.3) is 0 Å². The van der Waals surface area contributed by atoms with Crippen LogP contribution in [0.1, 0.15) is 10.4 Å². The molecule has 0 fully saturated rings. The van der Waals surface area contributed by atoms with Gasteiger partial charge in [-0.25, -0.2) is 4.79 Å². The third kappa shape index (κ3) is 2.15. The minimum atomic E-state index is -1.33. The van der Waals surface area contributed by atoms with Gasteiger partial charge in [0.15, 0.2) is 0 Å². The van der Waals surface area contributed by atoms with Crippen molar-refractivity contribution < 1.29 is 37.2 Å². The van der Waals surface area contributed by atoms with E-state index in [1.807, 2.05) is 0 Å². The zero-order valence-electron chi connectivity index (χ0n) is 5.80. The third-order valence-corrected chi connectivity index (χ3v) is 1.19. The number of aromatic hydroxyl groups is 1. The van der Waals surface area contributed by atoms with Crippen LogP contribution in [0.15, 0.2) is 18.2 Å². The Bertz CT molecular complexity index is 297. The first-order valence-corrected chi connectivity index (χ1v) is 2.84. The predicted molar refractivity (Wildman–Crippen MR) is 34.5 cm³/mol. The average Bonchev–Trinajstić information content (AvgIpc) is 1.94. The van der Waals surface area contributed by atoms with Gasteiger partial charge in [0.05, 0.1) is 5.56 Å². The van der Waals surface area contributed by atoms with Crippen molar-refractivity contribution in [2.24, 2.45) is 0 Å². The first-order chi connectivity index (χ1) is 5.11. The summed E-state index contributed by atoms with van der Waals surface area (Å²) in [5, 5.41) is 27.9. The molecule has 0 amide bonds. The monoisotopic (exact) mass is 209 g/mol. The molecule has 0 radical (unpaired) electrons. The molecule has 0 atom stereocenters. The summed E-state index contributed by atoms with van der Waals surface area (Å²) in [4.78, 5) is 10.3. The summed E-state index contributed by atoms with van der Waals surface area (Å²) in [5.41, 5.74) is -0.412. The zero-order valence-corrected chi connectivity index (χ0v) is 6.90. The second-order valence-electron chi connectivity index (χ2n) is 1.99. The van der Waals surface area contributed by atoms with E-state index in [4.69, 9.17) is 10.2 Å². The third-order valence-electron chi connectivity index (χ3n) is 1.19. The molecule has 2 N–H and O–H groups in total. The molecule has 0 bridgehead atoms. The van der Waals surface area contributed by atoms with Crippen LogP contribution in [0.5, 0.6) is 11.5 Å². The number of rotatable bonds is 1. The summed E-state index contributed by atoms with van der Waals surface area (Å²) in [6.07, 6.45) is 0. The van der Waals surface area contributed by atoms with Gasteiger partial charge in [-0.05, 0) is 12.1 Å². The van der Waals surface area contributed by atoms with E-state index < -0.39 is 17.3 Å². The standard InChI is InChI=1S/C7H6O4.Fe/c8-4-1-2-6(9)5(3-4)7(10)11;/h1-3,8-9H,(H,10,11);/q;+2/p-1. The predicted octanol–water partition coefficient (Wildman–Crippen LogP) is 0.161. The maximum Gasteiger partial charge on any atom is 2.00 e. The molecule has 1 aromatic rings. The van der Waals surface area contributed by atoms with E-state index >= 15 is 0 Å². The molecular weight excluding hydrogens is 204 g/mol. The summed E-state index contributed by atoms with van der Waals surface area (Å²) >= 11 is 0. The number of carboxylic acid groups (broad SMARTS) is 1. The number of hydrogen-bond acceptors (Lipinski definition) is 3. The summed E-state index contributed by atoms with van der Waals surface area (Å²) in [5.74, 6) is -2.15. The van der Waals surface area contributed by atoms with E-state index in [9.17, 15) is 9.90 Å². The van der Waals surface area contributed by atoms with E-state index in [2.05, 4.69) is 0 Å². The summed E-state index contributed by atoms with van der Waals surface area (Å²) in [6, 6.07) is 3.08. The van der Waals surface area contributed by atoms with E-state index in [1.165, 1.54) is 0 Å². The molecule has 1 rings (SSSR count). The topological polar surface area (TPSA) is 80.6 Å². The van der Waals surface area contributed by atoms with E-state index in [-0.39, 0.29) is 22.8 Å². The molecule has 0 aliphatic heterocycles. The molecule has 0 unspecified atom stereocenters. The van der Waals surface area contributed by atoms with E-state index in [1.54, 1.807) is 0 Å². The van der Waals surface area contributed by atoms with Crippen molar-refractivity contribution in [2.45, 2.75) is 0 Å². The molecule has 0 aromatic heterocycles. The molecule has 5 heteroatoms. The Morgan fingerprint density at radius 3 is 2.42 bits per heavy atom. The number of aromatic carboxylic acids is 1. The second kappa shape index (κ2) is 3.99. The number of hydrogen-bond donors (Lipinski definition) is 2. The van der Waals surface area contributed by atoms with Crippen molar-refractivity contribution in [3.63, 3.8) is 0 Å². The summed E-state index contributed by atoms with van der Waals surface area (Å²) in [6.45, 7) is 0. The maximum atomic E-state index is 10.7. The fourth-order valence-electron chi connectivity index (χ4n) is 0.685. The number of phenols is 1. The molecule has 0 spiro atoms. The fraction of sp³-hybridized carbons (Fsp3) is 0. The van der Waals surface area contributed by atoms with Gasteiger partial charge in [0, 0.05) is 0 Å². The molecule has 64 valence electrons. The molecule has 0 heterocycles. The number of phenolic OH excluding ortho intramolecular Hbond substituents is 1. The Morgan fingerprint density at radius 1 is 1.42 bits per heavy atom. The van der Waals surface area contributed by atoms with Crippen LogP contribution in [0, 0.1) is 0 Å². The van der Waals surface area contributed by atoms with Crippen LogP contribution in [0.25, 0.3) is 0 Å². The van der Waals surface area contributed by atoms with Crippen molar-refractivity contribution in [3.8, 4) is 11.5 Å². The van der Waals surface area contributed by atoms with Gasteiger partial charge in [0.2, 0.25) is 0 Å². The second-order valence-corrected chi connectivity index (χ2v) is 1.99. The van der Waals surface area contributed by atoms with Gasteiger partial charge >= 0.3 is 23.0 Å². The minimum Gasteiger partial charge on any atom is -0.872 e. The van der Waals surface area contributed by atoms with Crippen molar-refractivity contribution in [3.05, 3.63) is 23.8 Å². The quantitative estimate of drug-likeness (QED) is 0.645. The summed E-state index contributed by atoms with van der Waals surface area (Å²) in [7, 11) is 0. The first-order valence-electron chi connectivity index (χ1n) is 2.84. The van der Waals surface area contributed by atoms with Gasteiger partial charge < -0.3 is 15.3 Å². The Balaban J connectivity index is 0.00000121. The van der Waals surface area contributed by atoms with Crippen LogP contribution < -0.4 is 5.11 Å². The molecular formula is C7H5FeO4+. The van der Waals surface area contributed by atoms with Gasteiger partial charge in [-0.15, -0.1) is 0 Å². The SMILES string of the molecule is O=C(O)c1cc(O)ccc1[O-].[Fe+2]. The van der Waals surface area contributed by atoms with Crippen LogP contribution in [0.3, 0.4) is 0 Å². The fourth-order valence-corrected chi connectivity index (χ4v) is 0.685. The molecule has 0 saturated carbocycles. The molecule has 12 heavy (non-hydrogen) atoms. The number of carboxylic acids is 1. The van der Waals surface area contributed by atoms with Gasteiger partial charge in [-0.2, -0.15) is 0 Å². The van der Waals surface area contributed by atoms with E-state index in [0.29, 0.717) is 0 Å². The normalized spacial score (nSPS) is 8.67. The van der Waals surface area contributed by atoms with Crippen molar-refractivity contribution in [1.29, 1.82) is 0 Å². The number of benzene rings is 1. The molecule has 0 aliphatic rings. The van der Waals surface area contributed by atoms with Crippen LogP contribution >= 0.6 is 0 Å². The Hall–Kier alpha value is -1.19. The van der Waals surface area contributed by atoms with Gasteiger partial charge in [-0.3, -0.25) is 0 Å². The number of carbonyl (C=O) groups is 1. The first kappa shape index (κ1) is 10.8. The van der Waals surface area contributed by atoms with Crippen molar-refractivity contribution >= 4 is 5.97 Å². The zero-order chi connectivity index (χ0) is 8.43. The van der Waals surface area contributed by atoms with Crippen molar-refractivity contribution in [2.75, 3.05) is 0 Å². The molecule has 0 saturated heterocycles. The van der Waals surface area contributed by atoms with Crippen LogP contribution in [-0.2, 0) is 17.1 Å². The Morgan fingerprint density at radius 2 is 2.00 bits per heavy atom. The summed E-state index contributed by atoms with van der Waals surface area (Å²) < 4.78 is 0. The molecule has 0 aliphatic carbocycles. The van der Waals surface area contributed by atoms with Gasteiger partial charge in [-0.1, -0.05) is 11.8 Å². The average molecular weight is 209 g/mol. The van der Waals surface area contributed by atoms with Crippen LogP contribution in [-0.4, -0.2) is 16.2 Å². The largest absolute Gasteiger partial charge is 2.00 e. The Labute approximate surface area is 78.9 Å². The molecule has 4 nitrogen and oxygen atoms in total. The van der Waals surface area contributed by atoms with Crippen LogP contribution in [0.4, 0.5) is 0 Å². The Kier molecular flexibility index (Phi) is 3.60. The van der Waals surface area contributed by atoms with Gasteiger partial charge in [0.1, 0.15) is 5.75 Å². The smallest absolute Gasteiger partial charge is 0.872 e. The maximum absolute atomic E-state index is 10.7. The molecule has 1 aromatic carbocycles.